The van der Waals surface area contributed by atoms with Gasteiger partial charge in [-0.1, -0.05) is 30.3 Å². The number of piperidine rings is 1. The van der Waals surface area contributed by atoms with Gasteiger partial charge in [0.1, 0.15) is 24.2 Å². The van der Waals surface area contributed by atoms with Crippen LogP contribution in [0.25, 0.3) is 0 Å². The first-order valence-electron chi connectivity index (χ1n) is 9.12. The van der Waals surface area contributed by atoms with Crippen molar-refractivity contribution in [2.45, 2.75) is 31.4 Å². The number of phenolic OH excluding ortho intramolecular Hbond substituents is 1. The standard InChI is InChI=1S/C21H25NO3/c23-17-6-7-18-20(13-17)25-14-19(21(18)24)22-10-8-16(9-11-22)12-15-4-2-1-3-5-15/h1-7,13,16,19,21,23-24H,8-12,14H2/t19-,21+/m0/s1. The molecule has 0 aliphatic carbocycles. The predicted octanol–water partition coefficient (Wildman–Crippen LogP) is 3.14. The summed E-state index contributed by atoms with van der Waals surface area (Å²) in [6.07, 6.45) is 2.89. The van der Waals surface area contributed by atoms with Gasteiger partial charge in [0.15, 0.2) is 0 Å². The molecule has 2 N–H and O–H groups in total. The van der Waals surface area contributed by atoms with Gasteiger partial charge in [-0.3, -0.25) is 4.90 Å². The molecular weight excluding hydrogens is 314 g/mol. The van der Waals surface area contributed by atoms with Crippen LogP contribution in [-0.2, 0) is 6.42 Å². The van der Waals surface area contributed by atoms with Crippen LogP contribution in [0.1, 0.15) is 30.1 Å². The lowest BCUT2D eigenvalue weighted by Gasteiger charge is -2.41. The quantitative estimate of drug-likeness (QED) is 0.902. The van der Waals surface area contributed by atoms with Gasteiger partial charge in [0, 0.05) is 11.6 Å². The van der Waals surface area contributed by atoms with E-state index >= 15 is 0 Å². The van der Waals surface area contributed by atoms with E-state index in [1.165, 1.54) is 5.56 Å². The van der Waals surface area contributed by atoms with Crippen LogP contribution in [0.2, 0.25) is 0 Å². The molecule has 2 heterocycles. The third-order valence-electron chi connectivity index (χ3n) is 5.58. The monoisotopic (exact) mass is 339 g/mol. The van der Waals surface area contributed by atoms with Crippen molar-refractivity contribution >= 4 is 0 Å². The maximum Gasteiger partial charge on any atom is 0.128 e. The highest BCUT2D eigenvalue weighted by molar-refractivity contribution is 5.43. The summed E-state index contributed by atoms with van der Waals surface area (Å²) in [5.74, 6) is 1.48. The van der Waals surface area contributed by atoms with Gasteiger partial charge >= 0.3 is 0 Å². The Morgan fingerprint density at radius 3 is 2.56 bits per heavy atom. The summed E-state index contributed by atoms with van der Waals surface area (Å²) in [5.41, 5.74) is 2.19. The van der Waals surface area contributed by atoms with E-state index in [9.17, 15) is 10.2 Å². The molecule has 2 aromatic carbocycles. The number of aromatic hydroxyl groups is 1. The first-order valence-corrected chi connectivity index (χ1v) is 9.12. The fraction of sp³-hybridized carbons (Fsp3) is 0.429. The SMILES string of the molecule is Oc1ccc2c(c1)OC[C@H](N1CCC(Cc3ccccc3)CC1)[C@@H]2O. The van der Waals surface area contributed by atoms with Crippen molar-refractivity contribution in [3.8, 4) is 11.5 Å². The van der Waals surface area contributed by atoms with E-state index in [-0.39, 0.29) is 11.8 Å². The van der Waals surface area contributed by atoms with Crippen molar-refractivity contribution < 1.29 is 14.9 Å². The van der Waals surface area contributed by atoms with E-state index in [1.807, 2.05) is 0 Å². The highest BCUT2D eigenvalue weighted by Gasteiger charge is 2.35. The molecule has 4 heteroatoms. The van der Waals surface area contributed by atoms with Gasteiger partial charge in [-0.05, 0) is 56.0 Å². The fourth-order valence-corrected chi connectivity index (χ4v) is 4.11. The number of phenols is 1. The average Bonchev–Trinajstić information content (AvgIpc) is 2.64. The Balaban J connectivity index is 1.37. The summed E-state index contributed by atoms with van der Waals surface area (Å²) in [5, 5.41) is 20.3. The second-order valence-corrected chi connectivity index (χ2v) is 7.21. The van der Waals surface area contributed by atoms with Gasteiger partial charge in [0.25, 0.3) is 0 Å². The van der Waals surface area contributed by atoms with Crippen LogP contribution < -0.4 is 4.74 Å². The molecule has 0 bridgehead atoms. The van der Waals surface area contributed by atoms with Crippen LogP contribution in [0.4, 0.5) is 0 Å². The molecule has 2 aliphatic rings. The first kappa shape index (κ1) is 16.4. The highest BCUT2D eigenvalue weighted by atomic mass is 16.5. The molecule has 132 valence electrons. The molecule has 2 aromatic rings. The van der Waals surface area contributed by atoms with Crippen LogP contribution in [0.15, 0.2) is 48.5 Å². The molecule has 0 amide bonds. The minimum Gasteiger partial charge on any atom is -0.508 e. The zero-order valence-electron chi connectivity index (χ0n) is 14.3. The summed E-state index contributed by atoms with van der Waals surface area (Å²) in [7, 11) is 0. The molecule has 4 nitrogen and oxygen atoms in total. The zero-order valence-corrected chi connectivity index (χ0v) is 14.3. The molecule has 2 aliphatic heterocycles. The number of likely N-dealkylation sites (tertiary alicyclic amines) is 1. The molecular formula is C21H25NO3. The molecule has 1 fully saturated rings. The normalized spacial score (nSPS) is 24.5. The number of fused-ring (bicyclic) bond motifs is 1. The maximum atomic E-state index is 10.8. The third kappa shape index (κ3) is 3.51. The van der Waals surface area contributed by atoms with Gasteiger partial charge in [-0.25, -0.2) is 0 Å². The largest absolute Gasteiger partial charge is 0.508 e. The molecule has 1 saturated heterocycles. The third-order valence-corrected chi connectivity index (χ3v) is 5.58. The Hall–Kier alpha value is -2.04. The van der Waals surface area contributed by atoms with Gasteiger partial charge in [-0.15, -0.1) is 0 Å². The molecule has 0 saturated carbocycles. The van der Waals surface area contributed by atoms with Gasteiger partial charge < -0.3 is 14.9 Å². The Labute approximate surface area is 148 Å². The second-order valence-electron chi connectivity index (χ2n) is 7.21. The van der Waals surface area contributed by atoms with E-state index in [0.29, 0.717) is 18.3 Å². The van der Waals surface area contributed by atoms with Crippen LogP contribution in [0.3, 0.4) is 0 Å². The number of hydrogen-bond acceptors (Lipinski definition) is 4. The van der Waals surface area contributed by atoms with E-state index in [2.05, 4.69) is 35.2 Å². The summed E-state index contributed by atoms with van der Waals surface area (Å²) in [6.45, 7) is 2.47. The summed E-state index contributed by atoms with van der Waals surface area (Å²) in [6, 6.07) is 15.6. The smallest absolute Gasteiger partial charge is 0.128 e. The first-order chi connectivity index (χ1) is 12.2. The molecule has 2 atom stereocenters. The molecule has 0 unspecified atom stereocenters. The summed E-state index contributed by atoms with van der Waals surface area (Å²) >= 11 is 0. The van der Waals surface area contributed by atoms with Crippen molar-refractivity contribution in [3.63, 3.8) is 0 Å². The minimum absolute atomic E-state index is 0.00489. The Bertz CT molecular complexity index is 710. The summed E-state index contributed by atoms with van der Waals surface area (Å²) in [4.78, 5) is 2.36. The van der Waals surface area contributed by atoms with Crippen molar-refractivity contribution in [2.24, 2.45) is 5.92 Å². The Morgan fingerprint density at radius 1 is 1.04 bits per heavy atom. The Morgan fingerprint density at radius 2 is 1.80 bits per heavy atom. The molecule has 0 aromatic heterocycles. The topological polar surface area (TPSA) is 52.9 Å². The number of hydrogen-bond donors (Lipinski definition) is 2. The molecule has 4 rings (SSSR count). The van der Waals surface area contributed by atoms with Crippen molar-refractivity contribution in [2.75, 3.05) is 19.7 Å². The Kier molecular flexibility index (Phi) is 4.64. The minimum atomic E-state index is -0.560. The lowest BCUT2D eigenvalue weighted by Crippen LogP contribution is -2.49. The summed E-state index contributed by atoms with van der Waals surface area (Å²) < 4.78 is 5.80. The zero-order chi connectivity index (χ0) is 17.2. The predicted molar refractivity (Wildman–Crippen MR) is 96.8 cm³/mol. The lowest BCUT2D eigenvalue weighted by molar-refractivity contribution is -0.0109. The fourth-order valence-electron chi connectivity index (χ4n) is 4.11. The van der Waals surface area contributed by atoms with Gasteiger partial charge in [0.2, 0.25) is 0 Å². The van der Waals surface area contributed by atoms with E-state index < -0.39 is 6.10 Å². The highest BCUT2D eigenvalue weighted by Crippen LogP contribution is 2.37. The number of aliphatic hydroxyl groups excluding tert-OH is 1. The average molecular weight is 339 g/mol. The lowest BCUT2D eigenvalue weighted by atomic mass is 9.88. The van der Waals surface area contributed by atoms with Crippen LogP contribution in [0.5, 0.6) is 11.5 Å². The van der Waals surface area contributed by atoms with Crippen LogP contribution >= 0.6 is 0 Å². The number of ether oxygens (including phenoxy) is 1. The number of rotatable bonds is 3. The second kappa shape index (κ2) is 7.06. The van der Waals surface area contributed by atoms with Crippen molar-refractivity contribution in [3.05, 3.63) is 59.7 Å². The van der Waals surface area contributed by atoms with E-state index in [1.54, 1.807) is 18.2 Å². The van der Waals surface area contributed by atoms with E-state index in [0.717, 1.165) is 37.9 Å². The molecule has 0 radical (unpaired) electrons. The maximum absolute atomic E-state index is 10.8. The van der Waals surface area contributed by atoms with E-state index in [4.69, 9.17) is 4.74 Å². The van der Waals surface area contributed by atoms with Crippen LogP contribution in [0, 0.1) is 5.92 Å². The van der Waals surface area contributed by atoms with Crippen molar-refractivity contribution in [1.82, 2.24) is 4.90 Å². The van der Waals surface area contributed by atoms with Gasteiger partial charge in [0.05, 0.1) is 6.04 Å². The number of aliphatic hydroxyl groups is 1. The molecule has 0 spiro atoms. The van der Waals surface area contributed by atoms with Crippen LogP contribution in [-0.4, -0.2) is 40.9 Å². The van der Waals surface area contributed by atoms with Crippen molar-refractivity contribution in [1.29, 1.82) is 0 Å². The molecule has 25 heavy (non-hydrogen) atoms. The number of benzene rings is 2. The number of nitrogens with zero attached hydrogens (tertiary/aromatic N) is 1. The van der Waals surface area contributed by atoms with Gasteiger partial charge in [-0.2, -0.15) is 0 Å².